The van der Waals surface area contributed by atoms with Gasteiger partial charge < -0.3 is 18.9 Å². The molecule has 44 heavy (non-hydrogen) atoms. The maximum atomic E-state index is 13.3. The Bertz CT molecular complexity index is 1470. The zero-order valence-electron chi connectivity index (χ0n) is 24.6. The Labute approximate surface area is 258 Å². The number of ether oxygens (including phenoxy) is 4. The van der Waals surface area contributed by atoms with Crippen molar-refractivity contribution in [3.05, 3.63) is 154 Å². The van der Waals surface area contributed by atoms with Gasteiger partial charge in [0.15, 0.2) is 0 Å². The average molecular weight is 592 g/mol. The normalized spacial score (nSPS) is 21.5. The summed E-state index contributed by atoms with van der Waals surface area (Å²) in [6.45, 7) is 1.25. The van der Waals surface area contributed by atoms with Crippen molar-refractivity contribution in [3.63, 3.8) is 0 Å². The van der Waals surface area contributed by atoms with Gasteiger partial charge in [0.2, 0.25) is 0 Å². The van der Waals surface area contributed by atoms with Crippen LogP contribution in [0.15, 0.2) is 126 Å². The van der Waals surface area contributed by atoms with E-state index in [4.69, 9.17) is 18.9 Å². The van der Waals surface area contributed by atoms with Crippen molar-refractivity contribution in [2.24, 2.45) is 11.0 Å². The van der Waals surface area contributed by atoms with Gasteiger partial charge in [-0.25, -0.2) is 4.79 Å². The number of benzene rings is 4. The van der Waals surface area contributed by atoms with E-state index < -0.39 is 30.3 Å². The van der Waals surface area contributed by atoms with E-state index in [0.717, 1.165) is 16.7 Å². The van der Waals surface area contributed by atoms with Gasteiger partial charge in [-0.2, -0.15) is 0 Å². The molecular formula is C36H37N3O5. The lowest BCUT2D eigenvalue weighted by Gasteiger charge is -2.36. The summed E-state index contributed by atoms with van der Waals surface area (Å²) in [4.78, 5) is 16.5. The third kappa shape index (κ3) is 8.78. The van der Waals surface area contributed by atoms with Gasteiger partial charge in [-0.05, 0) is 47.2 Å². The van der Waals surface area contributed by atoms with E-state index >= 15 is 0 Å². The van der Waals surface area contributed by atoms with E-state index in [9.17, 15) is 10.3 Å². The topological polar surface area (TPSA) is 103 Å². The smallest absolute Gasteiger partial charge is 0.338 e. The second kappa shape index (κ2) is 16.4. The number of rotatable bonds is 13. The van der Waals surface area contributed by atoms with Crippen LogP contribution in [0.25, 0.3) is 10.4 Å². The molecular weight excluding hydrogens is 554 g/mol. The van der Waals surface area contributed by atoms with Crippen molar-refractivity contribution in [1.82, 2.24) is 0 Å². The van der Waals surface area contributed by atoms with Crippen LogP contribution in [0.3, 0.4) is 0 Å². The van der Waals surface area contributed by atoms with Crippen LogP contribution in [-0.2, 0) is 38.8 Å². The highest BCUT2D eigenvalue weighted by Crippen LogP contribution is 2.34. The molecule has 1 fully saturated rings. The Morgan fingerprint density at radius 2 is 1.18 bits per heavy atom. The lowest BCUT2D eigenvalue weighted by Crippen LogP contribution is -2.48. The van der Waals surface area contributed by atoms with Gasteiger partial charge in [0, 0.05) is 16.9 Å². The second-order valence-corrected chi connectivity index (χ2v) is 10.8. The number of hydrogen-bond acceptors (Lipinski definition) is 6. The third-order valence-electron chi connectivity index (χ3n) is 7.81. The van der Waals surface area contributed by atoms with E-state index in [-0.39, 0.29) is 12.5 Å². The van der Waals surface area contributed by atoms with Gasteiger partial charge in [0.25, 0.3) is 0 Å². The average Bonchev–Trinajstić information content (AvgIpc) is 3.21. The Balaban J connectivity index is 1.47. The fourth-order valence-corrected chi connectivity index (χ4v) is 5.55. The van der Waals surface area contributed by atoms with Gasteiger partial charge in [-0.15, -0.1) is 0 Å². The van der Waals surface area contributed by atoms with Crippen LogP contribution in [0.1, 0.15) is 39.9 Å². The number of carbonyl (C=O) groups is 1. The zero-order valence-corrected chi connectivity index (χ0v) is 24.6. The first-order valence-electron chi connectivity index (χ1n) is 14.9. The molecule has 1 aliphatic carbocycles. The summed E-state index contributed by atoms with van der Waals surface area (Å²) in [6, 6.07) is 38.1. The predicted octanol–water partition coefficient (Wildman–Crippen LogP) is 7.69. The van der Waals surface area contributed by atoms with E-state index in [1.165, 1.54) is 0 Å². The molecule has 1 aliphatic rings. The van der Waals surface area contributed by atoms with Crippen LogP contribution in [0.2, 0.25) is 0 Å². The van der Waals surface area contributed by atoms with Crippen LogP contribution in [0.4, 0.5) is 0 Å². The standard InChI is InChI=1S/C36H37N3O5/c37-39-38-32-21-22-33(44-36(40)30-19-11-4-12-20-30)35(43-25-29-17-9-3-10-18-29)34(42-24-28-15-7-2-8-16-28)31(32)26-41-23-27-13-5-1-6-14-27/h1-20,31-35H,21-26H2/t31-,32+,33+,34+,35+/m0/s1. The van der Waals surface area contributed by atoms with Crippen molar-refractivity contribution in [3.8, 4) is 0 Å². The summed E-state index contributed by atoms with van der Waals surface area (Å²) in [5.41, 5.74) is 13.0. The quantitative estimate of drug-likeness (QED) is 0.0521. The molecule has 0 aliphatic heterocycles. The van der Waals surface area contributed by atoms with Gasteiger partial charge in [-0.1, -0.05) is 114 Å². The van der Waals surface area contributed by atoms with E-state index in [0.29, 0.717) is 38.2 Å². The minimum absolute atomic E-state index is 0.266. The molecule has 4 aromatic rings. The fourth-order valence-electron chi connectivity index (χ4n) is 5.55. The summed E-state index contributed by atoms with van der Waals surface area (Å²) < 4.78 is 25.7. The minimum Gasteiger partial charge on any atom is -0.456 e. The molecule has 0 saturated heterocycles. The molecule has 0 bridgehead atoms. The first kappa shape index (κ1) is 31.0. The number of carbonyl (C=O) groups excluding carboxylic acids is 1. The van der Waals surface area contributed by atoms with Crippen LogP contribution in [0.5, 0.6) is 0 Å². The van der Waals surface area contributed by atoms with Crippen LogP contribution >= 0.6 is 0 Å². The molecule has 5 atom stereocenters. The summed E-state index contributed by atoms with van der Waals surface area (Å²) in [6.07, 6.45) is -1.01. The Hall–Kier alpha value is -4.46. The second-order valence-electron chi connectivity index (χ2n) is 10.8. The lowest BCUT2D eigenvalue weighted by molar-refractivity contribution is -0.154. The van der Waals surface area contributed by atoms with Crippen molar-refractivity contribution in [2.45, 2.75) is 57.0 Å². The number of esters is 1. The van der Waals surface area contributed by atoms with E-state index in [2.05, 4.69) is 10.0 Å². The molecule has 8 nitrogen and oxygen atoms in total. The summed E-state index contributed by atoms with van der Waals surface area (Å²) in [7, 11) is 0. The zero-order chi connectivity index (χ0) is 30.4. The number of hydrogen-bond donors (Lipinski definition) is 0. The molecule has 226 valence electrons. The molecule has 0 amide bonds. The van der Waals surface area contributed by atoms with Gasteiger partial charge in [0.05, 0.1) is 38.1 Å². The summed E-state index contributed by atoms with van der Waals surface area (Å²) in [5.74, 6) is -0.802. The van der Waals surface area contributed by atoms with Crippen molar-refractivity contribution in [1.29, 1.82) is 0 Å². The first-order valence-corrected chi connectivity index (χ1v) is 14.9. The van der Waals surface area contributed by atoms with Crippen molar-refractivity contribution < 1.29 is 23.7 Å². The molecule has 0 N–H and O–H groups in total. The van der Waals surface area contributed by atoms with Crippen LogP contribution < -0.4 is 0 Å². The minimum atomic E-state index is -0.657. The summed E-state index contributed by atoms with van der Waals surface area (Å²) in [5, 5.41) is 4.20. The highest BCUT2D eigenvalue weighted by Gasteiger charge is 2.45. The maximum Gasteiger partial charge on any atom is 0.338 e. The monoisotopic (exact) mass is 591 g/mol. The summed E-state index contributed by atoms with van der Waals surface area (Å²) >= 11 is 0. The molecule has 0 radical (unpaired) electrons. The van der Waals surface area contributed by atoms with Gasteiger partial charge in [0.1, 0.15) is 12.2 Å². The Morgan fingerprint density at radius 3 is 1.73 bits per heavy atom. The van der Waals surface area contributed by atoms with Crippen molar-refractivity contribution in [2.75, 3.05) is 6.61 Å². The van der Waals surface area contributed by atoms with Crippen LogP contribution in [0, 0.1) is 5.92 Å². The largest absolute Gasteiger partial charge is 0.456 e. The molecule has 8 heteroatoms. The molecule has 0 unspecified atom stereocenters. The molecule has 0 aromatic heterocycles. The third-order valence-corrected chi connectivity index (χ3v) is 7.81. The first-order chi connectivity index (χ1) is 21.7. The lowest BCUT2D eigenvalue weighted by atomic mass is 9.91. The number of azide groups is 1. The van der Waals surface area contributed by atoms with Crippen molar-refractivity contribution >= 4 is 5.97 Å². The maximum absolute atomic E-state index is 13.3. The Morgan fingerprint density at radius 1 is 0.682 bits per heavy atom. The molecule has 0 heterocycles. The molecule has 0 spiro atoms. The van der Waals surface area contributed by atoms with Gasteiger partial charge in [-0.3, -0.25) is 0 Å². The highest BCUT2D eigenvalue weighted by molar-refractivity contribution is 5.89. The molecule has 5 rings (SSSR count). The number of nitrogens with zero attached hydrogens (tertiary/aromatic N) is 3. The fraction of sp³-hybridized carbons (Fsp3) is 0.306. The molecule has 4 aromatic carbocycles. The molecule has 1 saturated carbocycles. The SMILES string of the molecule is [N-]=[N+]=N[C@@H]1CC[C@@H](OC(=O)c2ccccc2)[C@@H](OCc2ccccc2)[C@H](OCc2ccccc2)[C@H]1COCc1ccccc1. The highest BCUT2D eigenvalue weighted by atomic mass is 16.6. The Kier molecular flexibility index (Phi) is 11.6. The van der Waals surface area contributed by atoms with Gasteiger partial charge >= 0.3 is 5.97 Å². The van der Waals surface area contributed by atoms with E-state index in [1.807, 2.05) is 97.1 Å². The van der Waals surface area contributed by atoms with Crippen LogP contribution in [-0.4, -0.2) is 36.9 Å². The van der Waals surface area contributed by atoms with E-state index in [1.54, 1.807) is 24.3 Å². The predicted molar refractivity (Wildman–Crippen MR) is 167 cm³/mol.